The lowest BCUT2D eigenvalue weighted by Gasteiger charge is -2.05. The Morgan fingerprint density at radius 3 is 2.82 bits per heavy atom. The van der Waals surface area contributed by atoms with E-state index in [1.807, 2.05) is 0 Å². The molecule has 0 amide bonds. The highest BCUT2D eigenvalue weighted by Crippen LogP contribution is 2.15. The standard InChI is InChI=1S/C10H16O/c11-9-5-4-8-10-6-2-1-3-7-10/h2,6-7,11H,1,3-5,8-9H2. The molecule has 0 aromatic carbocycles. The smallest absolute Gasteiger partial charge is 0.0431 e. The molecule has 0 radical (unpaired) electrons. The third-order valence-corrected chi connectivity index (χ3v) is 1.95. The first kappa shape index (κ1) is 8.54. The van der Waals surface area contributed by atoms with Gasteiger partial charge in [-0.1, -0.05) is 23.8 Å². The summed E-state index contributed by atoms with van der Waals surface area (Å²) >= 11 is 0. The Kier molecular flexibility index (Phi) is 3.99. The van der Waals surface area contributed by atoms with Crippen LogP contribution in [-0.4, -0.2) is 11.7 Å². The van der Waals surface area contributed by atoms with Crippen LogP contribution < -0.4 is 0 Å². The van der Waals surface area contributed by atoms with E-state index < -0.39 is 0 Å². The van der Waals surface area contributed by atoms with Crippen molar-refractivity contribution in [1.82, 2.24) is 0 Å². The third-order valence-electron chi connectivity index (χ3n) is 1.95. The van der Waals surface area contributed by atoms with Crippen LogP contribution in [0.3, 0.4) is 0 Å². The van der Waals surface area contributed by atoms with Crippen molar-refractivity contribution < 1.29 is 5.11 Å². The minimum atomic E-state index is 0.330. The summed E-state index contributed by atoms with van der Waals surface area (Å²) in [5.41, 5.74) is 1.45. The van der Waals surface area contributed by atoms with Crippen LogP contribution in [0.4, 0.5) is 0 Å². The highest BCUT2D eigenvalue weighted by atomic mass is 16.2. The number of unbranched alkanes of at least 4 members (excludes halogenated alkanes) is 1. The summed E-state index contributed by atoms with van der Waals surface area (Å²) in [6.07, 6.45) is 12.3. The fourth-order valence-corrected chi connectivity index (χ4v) is 1.29. The average Bonchev–Trinajstić information content (AvgIpc) is 2.07. The zero-order valence-corrected chi connectivity index (χ0v) is 6.92. The van der Waals surface area contributed by atoms with Crippen LogP contribution >= 0.6 is 0 Å². The zero-order valence-electron chi connectivity index (χ0n) is 6.92. The van der Waals surface area contributed by atoms with Gasteiger partial charge in [0.2, 0.25) is 0 Å². The molecule has 1 nitrogen and oxygen atoms in total. The first-order valence-corrected chi connectivity index (χ1v) is 4.40. The monoisotopic (exact) mass is 152 g/mol. The van der Waals surface area contributed by atoms with E-state index in [1.165, 1.54) is 18.4 Å². The van der Waals surface area contributed by atoms with Crippen molar-refractivity contribution in [2.24, 2.45) is 0 Å². The molecular weight excluding hydrogens is 136 g/mol. The summed E-state index contributed by atoms with van der Waals surface area (Å²) in [5, 5.41) is 8.56. The van der Waals surface area contributed by atoms with E-state index in [1.54, 1.807) is 0 Å². The van der Waals surface area contributed by atoms with Gasteiger partial charge in [0.05, 0.1) is 0 Å². The Morgan fingerprint density at radius 2 is 2.18 bits per heavy atom. The maximum atomic E-state index is 8.56. The molecule has 0 heterocycles. The Labute approximate surface area is 68.4 Å². The van der Waals surface area contributed by atoms with Gasteiger partial charge in [-0.3, -0.25) is 0 Å². The van der Waals surface area contributed by atoms with E-state index in [0.29, 0.717) is 6.61 Å². The van der Waals surface area contributed by atoms with Crippen LogP contribution in [0.15, 0.2) is 23.8 Å². The zero-order chi connectivity index (χ0) is 7.94. The third kappa shape index (κ3) is 3.38. The molecule has 62 valence electrons. The van der Waals surface area contributed by atoms with Crippen molar-refractivity contribution >= 4 is 0 Å². The van der Waals surface area contributed by atoms with Crippen LogP contribution in [0.25, 0.3) is 0 Å². The van der Waals surface area contributed by atoms with Crippen LogP contribution in [-0.2, 0) is 0 Å². The molecule has 0 fully saturated rings. The lowest BCUT2D eigenvalue weighted by Crippen LogP contribution is -1.87. The van der Waals surface area contributed by atoms with Crippen molar-refractivity contribution in [2.75, 3.05) is 6.61 Å². The summed E-state index contributed by atoms with van der Waals surface area (Å²) in [6.45, 7) is 0.330. The molecule has 11 heavy (non-hydrogen) atoms. The Bertz CT molecular complexity index is 156. The van der Waals surface area contributed by atoms with Gasteiger partial charge in [-0.25, -0.2) is 0 Å². The molecule has 1 heteroatoms. The maximum Gasteiger partial charge on any atom is 0.0431 e. The second-order valence-corrected chi connectivity index (χ2v) is 2.94. The van der Waals surface area contributed by atoms with Gasteiger partial charge < -0.3 is 5.11 Å². The van der Waals surface area contributed by atoms with Crippen molar-refractivity contribution in [1.29, 1.82) is 0 Å². The maximum absolute atomic E-state index is 8.56. The van der Waals surface area contributed by atoms with E-state index in [-0.39, 0.29) is 0 Å². The molecule has 0 spiro atoms. The van der Waals surface area contributed by atoms with Crippen molar-refractivity contribution in [3.05, 3.63) is 23.8 Å². The molecule has 0 aromatic heterocycles. The van der Waals surface area contributed by atoms with Crippen LogP contribution in [0, 0.1) is 0 Å². The number of aliphatic hydroxyl groups excluding tert-OH is 1. The van der Waals surface area contributed by atoms with E-state index in [0.717, 1.165) is 19.3 Å². The van der Waals surface area contributed by atoms with Gasteiger partial charge in [0.1, 0.15) is 0 Å². The van der Waals surface area contributed by atoms with Crippen molar-refractivity contribution in [3.8, 4) is 0 Å². The Balaban J connectivity index is 2.15. The van der Waals surface area contributed by atoms with E-state index >= 15 is 0 Å². The lowest BCUT2D eigenvalue weighted by atomic mass is 10.0. The molecule has 0 saturated carbocycles. The molecule has 1 aliphatic rings. The highest BCUT2D eigenvalue weighted by Gasteiger charge is 1.96. The first-order valence-electron chi connectivity index (χ1n) is 4.40. The van der Waals surface area contributed by atoms with E-state index in [2.05, 4.69) is 18.2 Å². The minimum Gasteiger partial charge on any atom is -0.396 e. The van der Waals surface area contributed by atoms with Crippen LogP contribution in [0.1, 0.15) is 32.1 Å². The van der Waals surface area contributed by atoms with Gasteiger partial charge in [0, 0.05) is 6.61 Å². The number of hydrogen-bond acceptors (Lipinski definition) is 1. The quantitative estimate of drug-likeness (QED) is 0.613. The molecule has 0 aliphatic heterocycles. The second kappa shape index (κ2) is 5.14. The molecular formula is C10H16O. The van der Waals surface area contributed by atoms with E-state index in [4.69, 9.17) is 5.11 Å². The summed E-state index contributed by atoms with van der Waals surface area (Å²) in [7, 11) is 0. The summed E-state index contributed by atoms with van der Waals surface area (Å²) in [5.74, 6) is 0. The van der Waals surface area contributed by atoms with Crippen molar-refractivity contribution in [3.63, 3.8) is 0 Å². The fraction of sp³-hybridized carbons (Fsp3) is 0.600. The van der Waals surface area contributed by atoms with E-state index in [9.17, 15) is 0 Å². The number of hydrogen-bond donors (Lipinski definition) is 1. The number of aliphatic hydroxyl groups is 1. The molecule has 0 atom stereocenters. The average molecular weight is 152 g/mol. The van der Waals surface area contributed by atoms with Gasteiger partial charge in [0.25, 0.3) is 0 Å². The van der Waals surface area contributed by atoms with Gasteiger partial charge in [-0.15, -0.1) is 0 Å². The van der Waals surface area contributed by atoms with Gasteiger partial charge in [0.15, 0.2) is 0 Å². The molecule has 1 aliphatic carbocycles. The normalized spacial score (nSPS) is 16.6. The predicted molar refractivity (Wildman–Crippen MR) is 47.4 cm³/mol. The Morgan fingerprint density at radius 1 is 1.27 bits per heavy atom. The second-order valence-electron chi connectivity index (χ2n) is 2.94. The Hall–Kier alpha value is -0.560. The summed E-state index contributed by atoms with van der Waals surface area (Å²) < 4.78 is 0. The largest absolute Gasteiger partial charge is 0.396 e. The lowest BCUT2D eigenvalue weighted by molar-refractivity contribution is 0.285. The molecule has 0 bridgehead atoms. The first-order chi connectivity index (χ1) is 5.43. The molecule has 0 saturated heterocycles. The number of rotatable bonds is 4. The van der Waals surface area contributed by atoms with Gasteiger partial charge in [-0.05, 0) is 32.1 Å². The molecule has 0 aromatic rings. The number of allylic oxidation sites excluding steroid dienone is 4. The highest BCUT2D eigenvalue weighted by molar-refractivity contribution is 5.21. The summed E-state index contributed by atoms with van der Waals surface area (Å²) in [4.78, 5) is 0. The van der Waals surface area contributed by atoms with Gasteiger partial charge >= 0.3 is 0 Å². The van der Waals surface area contributed by atoms with Crippen LogP contribution in [0.2, 0.25) is 0 Å². The van der Waals surface area contributed by atoms with Gasteiger partial charge in [-0.2, -0.15) is 0 Å². The SMILES string of the molecule is OCCCCC1=CCCC=C1. The predicted octanol–water partition coefficient (Wildman–Crippen LogP) is 2.43. The fourth-order valence-electron chi connectivity index (χ4n) is 1.29. The summed E-state index contributed by atoms with van der Waals surface area (Å²) in [6, 6.07) is 0. The van der Waals surface area contributed by atoms with Crippen molar-refractivity contribution in [2.45, 2.75) is 32.1 Å². The molecule has 1 N–H and O–H groups in total. The topological polar surface area (TPSA) is 20.2 Å². The molecule has 1 rings (SSSR count). The molecule has 0 unspecified atom stereocenters. The minimum absolute atomic E-state index is 0.330. The van der Waals surface area contributed by atoms with Crippen LogP contribution in [0.5, 0.6) is 0 Å².